The molecular formula is C12H17FN2O2. The molecule has 0 spiro atoms. The van der Waals surface area contributed by atoms with Crippen molar-refractivity contribution in [2.45, 2.75) is 19.8 Å². The summed E-state index contributed by atoms with van der Waals surface area (Å²) in [6.07, 6.45) is 1.89. The van der Waals surface area contributed by atoms with E-state index in [9.17, 15) is 9.50 Å². The van der Waals surface area contributed by atoms with Crippen molar-refractivity contribution in [1.82, 2.24) is 4.98 Å². The molecule has 2 rings (SSSR count). The minimum absolute atomic E-state index is 0.0951. The van der Waals surface area contributed by atoms with Crippen molar-refractivity contribution in [2.75, 3.05) is 25.1 Å². The first kappa shape index (κ1) is 12.1. The Morgan fingerprint density at radius 1 is 1.47 bits per heavy atom. The molecule has 0 amide bonds. The molecule has 1 fully saturated rings. The Morgan fingerprint density at radius 2 is 2.18 bits per heavy atom. The normalized spacial score (nSPS) is 18.9. The van der Waals surface area contributed by atoms with Gasteiger partial charge in [0.05, 0.1) is 0 Å². The number of ether oxygens (including phenoxy) is 1. The molecule has 0 radical (unpaired) electrons. The van der Waals surface area contributed by atoms with Gasteiger partial charge in [0.2, 0.25) is 5.88 Å². The van der Waals surface area contributed by atoms with E-state index >= 15 is 0 Å². The molecule has 17 heavy (non-hydrogen) atoms. The number of nitrogens with one attached hydrogen (secondary N) is 1. The summed E-state index contributed by atoms with van der Waals surface area (Å²) < 4.78 is 18.7. The van der Waals surface area contributed by atoms with Crippen LogP contribution in [0.25, 0.3) is 0 Å². The highest BCUT2D eigenvalue weighted by atomic mass is 19.1. The lowest BCUT2D eigenvalue weighted by Crippen LogP contribution is -2.33. The zero-order chi connectivity index (χ0) is 12.3. The first-order valence-corrected chi connectivity index (χ1v) is 5.76. The number of rotatable bonds is 3. The summed E-state index contributed by atoms with van der Waals surface area (Å²) in [4.78, 5) is 3.73. The molecule has 0 unspecified atom stereocenters. The molecule has 0 aromatic carbocycles. The summed E-state index contributed by atoms with van der Waals surface area (Å²) in [5, 5.41) is 12.2. The minimum Gasteiger partial charge on any atom is -0.493 e. The van der Waals surface area contributed by atoms with E-state index < -0.39 is 5.82 Å². The smallest absolute Gasteiger partial charge is 0.212 e. The number of pyridine rings is 1. The second kappa shape index (κ2) is 4.87. The van der Waals surface area contributed by atoms with Gasteiger partial charge in [-0.05, 0) is 24.3 Å². The van der Waals surface area contributed by atoms with Crippen LogP contribution in [0.4, 0.5) is 10.2 Å². The molecule has 0 atom stereocenters. The van der Waals surface area contributed by atoms with Gasteiger partial charge in [0, 0.05) is 25.8 Å². The quantitative estimate of drug-likeness (QED) is 0.850. The van der Waals surface area contributed by atoms with Crippen LogP contribution in [0.3, 0.4) is 0 Å². The third-order valence-electron chi connectivity index (χ3n) is 3.21. The number of nitrogens with zero attached hydrogens (tertiary/aromatic N) is 1. The molecule has 94 valence electrons. The second-order valence-corrected chi connectivity index (χ2v) is 4.78. The maximum atomic E-state index is 13.4. The molecule has 2 N–H and O–H groups in total. The van der Waals surface area contributed by atoms with Crippen LogP contribution in [-0.2, 0) is 4.74 Å². The average molecular weight is 240 g/mol. The van der Waals surface area contributed by atoms with Gasteiger partial charge < -0.3 is 15.2 Å². The fourth-order valence-corrected chi connectivity index (χ4v) is 1.89. The molecule has 1 aromatic rings. The van der Waals surface area contributed by atoms with Crippen LogP contribution in [-0.4, -0.2) is 29.8 Å². The predicted octanol–water partition coefficient (Wildman–Crippen LogP) is 2.15. The highest BCUT2D eigenvalue weighted by Gasteiger charge is 2.27. The van der Waals surface area contributed by atoms with Crippen molar-refractivity contribution in [3.63, 3.8) is 0 Å². The van der Waals surface area contributed by atoms with E-state index in [1.807, 2.05) is 0 Å². The molecule has 5 heteroatoms. The van der Waals surface area contributed by atoms with E-state index in [4.69, 9.17) is 4.74 Å². The Morgan fingerprint density at radius 3 is 2.88 bits per heavy atom. The highest BCUT2D eigenvalue weighted by Crippen LogP contribution is 2.30. The van der Waals surface area contributed by atoms with E-state index in [1.165, 1.54) is 12.1 Å². The summed E-state index contributed by atoms with van der Waals surface area (Å²) in [6.45, 7) is 4.26. The van der Waals surface area contributed by atoms with E-state index in [1.54, 1.807) is 0 Å². The van der Waals surface area contributed by atoms with Crippen molar-refractivity contribution in [2.24, 2.45) is 5.41 Å². The Hall–Kier alpha value is -1.36. The van der Waals surface area contributed by atoms with Crippen LogP contribution in [0, 0.1) is 11.2 Å². The van der Waals surface area contributed by atoms with Crippen LogP contribution < -0.4 is 5.32 Å². The fraction of sp³-hybridized carbons (Fsp3) is 0.583. The fourth-order valence-electron chi connectivity index (χ4n) is 1.89. The summed E-state index contributed by atoms with van der Waals surface area (Å²) in [6, 6.07) is 2.44. The molecule has 1 saturated heterocycles. The van der Waals surface area contributed by atoms with Crippen molar-refractivity contribution >= 4 is 5.82 Å². The van der Waals surface area contributed by atoms with Gasteiger partial charge in [-0.3, -0.25) is 0 Å². The number of aromatic hydroxyl groups is 1. The van der Waals surface area contributed by atoms with E-state index in [-0.39, 0.29) is 17.1 Å². The van der Waals surface area contributed by atoms with Gasteiger partial charge >= 0.3 is 0 Å². The summed E-state index contributed by atoms with van der Waals surface area (Å²) >= 11 is 0. The minimum atomic E-state index is -0.446. The van der Waals surface area contributed by atoms with Gasteiger partial charge in [-0.25, -0.2) is 4.39 Å². The van der Waals surface area contributed by atoms with Crippen LogP contribution in [0.2, 0.25) is 0 Å². The van der Waals surface area contributed by atoms with Gasteiger partial charge in [-0.2, -0.15) is 4.98 Å². The first-order valence-electron chi connectivity index (χ1n) is 5.76. The SMILES string of the molecule is CC1(CNc2nc(O)ccc2F)CCOCC1. The van der Waals surface area contributed by atoms with E-state index in [0.29, 0.717) is 6.54 Å². The molecular weight excluding hydrogens is 223 g/mol. The molecule has 0 saturated carbocycles. The lowest BCUT2D eigenvalue weighted by atomic mass is 9.82. The Balaban J connectivity index is 1.99. The number of hydrogen-bond donors (Lipinski definition) is 2. The van der Waals surface area contributed by atoms with E-state index in [0.717, 1.165) is 26.1 Å². The molecule has 2 heterocycles. The lowest BCUT2D eigenvalue weighted by Gasteiger charge is -2.33. The van der Waals surface area contributed by atoms with Crippen LogP contribution in [0.1, 0.15) is 19.8 Å². The summed E-state index contributed by atoms with van der Waals surface area (Å²) in [5.74, 6) is -0.512. The molecule has 4 nitrogen and oxygen atoms in total. The van der Waals surface area contributed by atoms with Crippen molar-refractivity contribution in [1.29, 1.82) is 0 Å². The van der Waals surface area contributed by atoms with Crippen molar-refractivity contribution < 1.29 is 14.2 Å². The molecule has 1 aromatic heterocycles. The Kier molecular flexibility index (Phi) is 3.47. The van der Waals surface area contributed by atoms with Crippen molar-refractivity contribution in [3.05, 3.63) is 17.9 Å². The highest BCUT2D eigenvalue weighted by molar-refractivity contribution is 5.38. The van der Waals surface area contributed by atoms with Gasteiger partial charge in [-0.1, -0.05) is 6.92 Å². The number of aromatic nitrogens is 1. The third kappa shape index (κ3) is 3.06. The summed E-state index contributed by atoms with van der Waals surface area (Å²) in [5.41, 5.74) is 0.0951. The second-order valence-electron chi connectivity index (χ2n) is 4.78. The first-order chi connectivity index (χ1) is 8.09. The number of anilines is 1. The van der Waals surface area contributed by atoms with E-state index in [2.05, 4.69) is 17.2 Å². The van der Waals surface area contributed by atoms with Gasteiger partial charge in [-0.15, -0.1) is 0 Å². The Bertz CT molecular complexity index is 392. The zero-order valence-corrected chi connectivity index (χ0v) is 9.87. The molecule has 0 bridgehead atoms. The third-order valence-corrected chi connectivity index (χ3v) is 3.21. The molecule has 1 aliphatic heterocycles. The van der Waals surface area contributed by atoms with Crippen LogP contribution in [0.5, 0.6) is 5.88 Å². The summed E-state index contributed by atoms with van der Waals surface area (Å²) in [7, 11) is 0. The maximum absolute atomic E-state index is 13.4. The Labute approximate surface area is 99.8 Å². The molecule has 0 aliphatic carbocycles. The van der Waals surface area contributed by atoms with Crippen LogP contribution in [0.15, 0.2) is 12.1 Å². The number of hydrogen-bond acceptors (Lipinski definition) is 4. The van der Waals surface area contributed by atoms with Crippen molar-refractivity contribution in [3.8, 4) is 5.88 Å². The maximum Gasteiger partial charge on any atom is 0.212 e. The van der Waals surface area contributed by atoms with Gasteiger partial charge in [0.1, 0.15) is 0 Å². The van der Waals surface area contributed by atoms with Gasteiger partial charge in [0.25, 0.3) is 0 Å². The average Bonchev–Trinajstić information content (AvgIpc) is 2.31. The monoisotopic (exact) mass is 240 g/mol. The molecule has 1 aliphatic rings. The van der Waals surface area contributed by atoms with Crippen LogP contribution >= 0.6 is 0 Å². The largest absolute Gasteiger partial charge is 0.493 e. The number of halogens is 1. The standard InChI is InChI=1S/C12H17FN2O2/c1-12(4-6-17-7-5-12)8-14-11-9(13)2-3-10(16)15-11/h2-3H,4-8H2,1H3,(H2,14,15,16). The lowest BCUT2D eigenvalue weighted by molar-refractivity contribution is 0.0299. The predicted molar refractivity (Wildman–Crippen MR) is 62.5 cm³/mol. The van der Waals surface area contributed by atoms with Gasteiger partial charge in [0.15, 0.2) is 11.6 Å². The zero-order valence-electron chi connectivity index (χ0n) is 9.87. The topological polar surface area (TPSA) is 54.4 Å².